The van der Waals surface area contributed by atoms with Crippen molar-refractivity contribution in [3.63, 3.8) is 0 Å². The maximum absolute atomic E-state index is 13.6. The van der Waals surface area contributed by atoms with Crippen LogP contribution in [0, 0.1) is 5.82 Å². The molecular weight excluding hydrogens is 259 g/mol. The second-order valence-electron chi connectivity index (χ2n) is 3.87. The molecule has 2 rings (SSSR count). The summed E-state index contributed by atoms with van der Waals surface area (Å²) in [7, 11) is 0. The van der Waals surface area contributed by atoms with E-state index in [2.05, 4.69) is 10.1 Å². The minimum absolute atomic E-state index is 0.0555. The van der Waals surface area contributed by atoms with Gasteiger partial charge in [0.1, 0.15) is 11.6 Å². The van der Waals surface area contributed by atoms with E-state index < -0.39 is 5.82 Å². The zero-order valence-electron chi connectivity index (χ0n) is 9.61. The normalized spacial score (nSPS) is 10.6. The molecular formula is C12H10ClFN2O2. The minimum Gasteiger partial charge on any atom is -0.339 e. The van der Waals surface area contributed by atoms with E-state index in [4.69, 9.17) is 16.1 Å². The monoisotopic (exact) mass is 268 g/mol. The van der Waals surface area contributed by atoms with Crippen LogP contribution in [0.2, 0.25) is 5.02 Å². The first-order valence-electron chi connectivity index (χ1n) is 5.30. The number of carbonyl (C=O) groups is 1. The van der Waals surface area contributed by atoms with Crippen LogP contribution in [0.5, 0.6) is 0 Å². The Balaban J connectivity index is 2.16. The number of benzene rings is 1. The Labute approximate surface area is 108 Å². The van der Waals surface area contributed by atoms with Gasteiger partial charge in [-0.1, -0.05) is 28.9 Å². The van der Waals surface area contributed by atoms with Gasteiger partial charge in [-0.2, -0.15) is 4.98 Å². The number of halogens is 2. The van der Waals surface area contributed by atoms with E-state index in [-0.39, 0.29) is 29.5 Å². The molecule has 1 aromatic heterocycles. The molecule has 6 heteroatoms. The lowest BCUT2D eigenvalue weighted by atomic mass is 10.1. The van der Waals surface area contributed by atoms with Gasteiger partial charge in [-0.25, -0.2) is 4.39 Å². The van der Waals surface area contributed by atoms with Crippen LogP contribution < -0.4 is 0 Å². The molecule has 0 saturated heterocycles. The predicted molar refractivity (Wildman–Crippen MR) is 62.9 cm³/mol. The highest BCUT2D eigenvalue weighted by molar-refractivity contribution is 6.30. The number of hydrogen-bond acceptors (Lipinski definition) is 4. The zero-order valence-corrected chi connectivity index (χ0v) is 10.4. The first-order valence-corrected chi connectivity index (χ1v) is 5.68. The van der Waals surface area contributed by atoms with Crippen LogP contribution in [-0.4, -0.2) is 15.9 Å². The second-order valence-corrected chi connectivity index (χ2v) is 4.28. The van der Waals surface area contributed by atoms with Gasteiger partial charge >= 0.3 is 0 Å². The summed E-state index contributed by atoms with van der Waals surface area (Å²) in [6.07, 6.45) is 0.263. The predicted octanol–water partition coefficient (Wildman–Crippen LogP) is 2.58. The third-order valence-corrected chi connectivity index (χ3v) is 2.58. The number of ketones is 1. The Bertz CT molecular complexity index is 583. The van der Waals surface area contributed by atoms with Crippen LogP contribution in [0.15, 0.2) is 22.7 Å². The van der Waals surface area contributed by atoms with Gasteiger partial charge in [-0.3, -0.25) is 4.79 Å². The highest BCUT2D eigenvalue weighted by Gasteiger charge is 2.12. The molecule has 0 aliphatic carbocycles. The lowest BCUT2D eigenvalue weighted by Crippen LogP contribution is -1.98. The number of carbonyl (C=O) groups excluding carboxylic acids is 1. The summed E-state index contributed by atoms with van der Waals surface area (Å²) in [4.78, 5) is 14.9. The summed E-state index contributed by atoms with van der Waals surface area (Å²) in [6.45, 7) is 1.43. The highest BCUT2D eigenvalue weighted by Crippen LogP contribution is 2.19. The highest BCUT2D eigenvalue weighted by atomic mass is 35.5. The molecule has 94 valence electrons. The van der Waals surface area contributed by atoms with Gasteiger partial charge in [0.05, 0.1) is 11.4 Å². The Morgan fingerprint density at radius 2 is 2.28 bits per heavy atom. The summed E-state index contributed by atoms with van der Waals surface area (Å²) < 4.78 is 18.5. The fourth-order valence-electron chi connectivity index (χ4n) is 1.50. The first-order chi connectivity index (χ1) is 8.56. The number of rotatable bonds is 4. The van der Waals surface area contributed by atoms with Gasteiger partial charge in [-0.05, 0) is 18.6 Å². The maximum atomic E-state index is 13.6. The fraction of sp³-hybridized carbons (Fsp3) is 0.250. The van der Waals surface area contributed by atoms with Crippen molar-refractivity contribution in [3.05, 3.63) is 46.3 Å². The number of hydrogen-bond donors (Lipinski definition) is 0. The number of Topliss-reactive ketones (excluding diaryl/α,β-unsaturated/α-hetero) is 1. The fourth-order valence-corrected chi connectivity index (χ4v) is 1.70. The molecule has 0 atom stereocenters. The smallest absolute Gasteiger partial charge is 0.234 e. The molecule has 4 nitrogen and oxygen atoms in total. The molecule has 0 aliphatic rings. The molecule has 0 N–H and O–H groups in total. The average Bonchev–Trinajstić information content (AvgIpc) is 2.71. The van der Waals surface area contributed by atoms with Crippen molar-refractivity contribution in [2.24, 2.45) is 0 Å². The van der Waals surface area contributed by atoms with Gasteiger partial charge < -0.3 is 4.52 Å². The molecule has 0 bridgehead atoms. The lowest BCUT2D eigenvalue weighted by Gasteiger charge is -2.00. The molecule has 0 spiro atoms. The van der Waals surface area contributed by atoms with Crippen LogP contribution >= 0.6 is 11.6 Å². The minimum atomic E-state index is -0.489. The SMILES string of the molecule is CC(=O)Cc1nc(Cc2cccc(Cl)c2F)no1. The van der Waals surface area contributed by atoms with E-state index in [1.807, 2.05) is 0 Å². The number of aromatic nitrogens is 2. The van der Waals surface area contributed by atoms with Crippen LogP contribution in [0.3, 0.4) is 0 Å². The van der Waals surface area contributed by atoms with Gasteiger partial charge in [0.25, 0.3) is 0 Å². The largest absolute Gasteiger partial charge is 0.339 e. The summed E-state index contributed by atoms with van der Waals surface area (Å²) in [5.41, 5.74) is 0.387. The molecule has 2 aromatic rings. The summed E-state index contributed by atoms with van der Waals surface area (Å²) in [5, 5.41) is 3.74. The molecule has 0 aliphatic heterocycles. The average molecular weight is 269 g/mol. The molecule has 0 saturated carbocycles. The van der Waals surface area contributed by atoms with Crippen molar-refractivity contribution >= 4 is 17.4 Å². The molecule has 18 heavy (non-hydrogen) atoms. The summed E-state index contributed by atoms with van der Waals surface area (Å²) in [5.74, 6) is 0.00331. The van der Waals surface area contributed by atoms with Crippen LogP contribution in [0.1, 0.15) is 24.2 Å². The lowest BCUT2D eigenvalue weighted by molar-refractivity contribution is -0.116. The van der Waals surface area contributed by atoms with Crippen molar-refractivity contribution in [3.8, 4) is 0 Å². The summed E-state index contributed by atoms with van der Waals surface area (Å²) in [6, 6.07) is 4.72. The third kappa shape index (κ3) is 2.92. The standard InChI is InChI=1S/C12H10ClFN2O2/c1-7(17)5-11-15-10(16-18-11)6-8-3-2-4-9(13)12(8)14/h2-4H,5-6H2,1H3. The molecule has 1 aromatic carbocycles. The maximum Gasteiger partial charge on any atom is 0.234 e. The van der Waals surface area contributed by atoms with Crippen molar-refractivity contribution in [2.45, 2.75) is 19.8 Å². The third-order valence-electron chi connectivity index (χ3n) is 2.29. The second kappa shape index (κ2) is 5.27. The molecule has 0 amide bonds. The molecule has 0 unspecified atom stereocenters. The van der Waals surface area contributed by atoms with Gasteiger partial charge in [0.15, 0.2) is 5.82 Å². The van der Waals surface area contributed by atoms with E-state index in [1.54, 1.807) is 12.1 Å². The Kier molecular flexibility index (Phi) is 3.72. The number of nitrogens with zero attached hydrogens (tertiary/aromatic N) is 2. The van der Waals surface area contributed by atoms with Crippen LogP contribution in [0.25, 0.3) is 0 Å². The van der Waals surface area contributed by atoms with Gasteiger partial charge in [0, 0.05) is 6.42 Å². The Morgan fingerprint density at radius 1 is 1.50 bits per heavy atom. The van der Waals surface area contributed by atoms with Crippen LogP contribution in [-0.2, 0) is 17.6 Å². The van der Waals surface area contributed by atoms with Crippen molar-refractivity contribution < 1.29 is 13.7 Å². The van der Waals surface area contributed by atoms with Gasteiger partial charge in [0.2, 0.25) is 5.89 Å². The van der Waals surface area contributed by atoms with E-state index in [1.165, 1.54) is 13.0 Å². The summed E-state index contributed by atoms with van der Waals surface area (Å²) >= 11 is 5.67. The zero-order chi connectivity index (χ0) is 13.1. The molecule has 1 heterocycles. The van der Waals surface area contributed by atoms with Gasteiger partial charge in [-0.15, -0.1) is 0 Å². The molecule has 0 fully saturated rings. The van der Waals surface area contributed by atoms with E-state index >= 15 is 0 Å². The van der Waals surface area contributed by atoms with Crippen molar-refractivity contribution in [1.82, 2.24) is 10.1 Å². The van der Waals surface area contributed by atoms with Crippen LogP contribution in [0.4, 0.5) is 4.39 Å². The van der Waals surface area contributed by atoms with E-state index in [9.17, 15) is 9.18 Å². The first kappa shape index (κ1) is 12.7. The van der Waals surface area contributed by atoms with Crippen molar-refractivity contribution in [1.29, 1.82) is 0 Å². The Morgan fingerprint density at radius 3 is 3.00 bits per heavy atom. The van der Waals surface area contributed by atoms with E-state index in [0.717, 1.165) is 0 Å². The quantitative estimate of drug-likeness (QED) is 0.855. The van der Waals surface area contributed by atoms with E-state index in [0.29, 0.717) is 11.4 Å². The Hall–Kier alpha value is -1.75. The topological polar surface area (TPSA) is 56.0 Å². The molecule has 0 radical (unpaired) electrons. The van der Waals surface area contributed by atoms with Crippen molar-refractivity contribution in [2.75, 3.05) is 0 Å².